The molecule has 1 aliphatic rings. The van der Waals surface area contributed by atoms with Crippen molar-refractivity contribution in [2.45, 2.75) is 25.8 Å². The van der Waals surface area contributed by atoms with Crippen LogP contribution < -0.4 is 15.5 Å². The summed E-state index contributed by atoms with van der Waals surface area (Å²) in [6, 6.07) is 1.68. The van der Waals surface area contributed by atoms with E-state index < -0.39 is 34.1 Å². The number of anilines is 1. The number of piperazine rings is 1. The molecule has 1 aromatic rings. The van der Waals surface area contributed by atoms with Gasteiger partial charge in [0.05, 0.1) is 12.1 Å². The Balaban J connectivity index is 1.97. The molecule has 4 amide bonds. The van der Waals surface area contributed by atoms with E-state index in [2.05, 4.69) is 5.32 Å². The number of hydrogen-bond donors (Lipinski definition) is 2. The van der Waals surface area contributed by atoms with Crippen molar-refractivity contribution in [3.8, 4) is 0 Å². The Morgan fingerprint density at radius 2 is 1.84 bits per heavy atom. The van der Waals surface area contributed by atoms with Crippen LogP contribution >= 0.6 is 11.6 Å². The third kappa shape index (κ3) is 6.51. The number of hydrogen-bond acceptors (Lipinski definition) is 5. The highest BCUT2D eigenvalue weighted by molar-refractivity contribution is 6.31. The van der Waals surface area contributed by atoms with E-state index in [4.69, 9.17) is 16.3 Å². The first-order valence-corrected chi connectivity index (χ1v) is 10.2. The largest absolute Gasteiger partial charge is 0.382 e. The second kappa shape index (κ2) is 10.7. The predicted octanol–water partition coefficient (Wildman–Crippen LogP) is 2.15. The van der Waals surface area contributed by atoms with Gasteiger partial charge in [0.15, 0.2) is 0 Å². The number of ether oxygens (including phenoxy) is 1. The van der Waals surface area contributed by atoms with Crippen molar-refractivity contribution >= 4 is 35.6 Å². The average Bonchev–Trinajstić information content (AvgIpc) is 2.71. The van der Waals surface area contributed by atoms with Gasteiger partial charge in [-0.05, 0) is 25.5 Å². The van der Waals surface area contributed by atoms with Gasteiger partial charge in [-0.1, -0.05) is 18.5 Å². The number of nitrogens with one attached hydrogen (secondary N) is 2. The minimum absolute atomic E-state index is 0.104. The van der Waals surface area contributed by atoms with Crippen molar-refractivity contribution in [1.29, 1.82) is 0 Å². The molecule has 1 aromatic carbocycles. The van der Waals surface area contributed by atoms with Crippen molar-refractivity contribution in [3.63, 3.8) is 0 Å². The molecule has 8 nitrogen and oxygen atoms in total. The van der Waals surface area contributed by atoms with Crippen molar-refractivity contribution in [2.75, 3.05) is 44.8 Å². The van der Waals surface area contributed by atoms with E-state index >= 15 is 0 Å². The van der Waals surface area contributed by atoms with Gasteiger partial charge in [-0.15, -0.1) is 0 Å². The van der Waals surface area contributed by atoms with Crippen LogP contribution in [0.1, 0.15) is 20.3 Å². The second-order valence-corrected chi connectivity index (χ2v) is 8.23. The summed E-state index contributed by atoms with van der Waals surface area (Å²) in [6.45, 7) is 5.23. The molecule has 0 saturated carbocycles. The lowest BCUT2D eigenvalue weighted by molar-refractivity contribution is -0.136. The summed E-state index contributed by atoms with van der Waals surface area (Å²) in [7, 11) is 1.48. The highest BCUT2D eigenvalue weighted by Gasteiger charge is 2.33. The molecule has 1 heterocycles. The van der Waals surface area contributed by atoms with Crippen molar-refractivity contribution in [2.24, 2.45) is 5.92 Å². The molecule has 2 unspecified atom stereocenters. The third-order valence-corrected chi connectivity index (χ3v) is 5.53. The van der Waals surface area contributed by atoms with Crippen molar-refractivity contribution in [3.05, 3.63) is 28.8 Å². The molecule has 0 bridgehead atoms. The number of carbonyl (C=O) groups is 3. The maximum atomic E-state index is 13.7. The Morgan fingerprint density at radius 1 is 1.26 bits per heavy atom. The quantitative estimate of drug-likeness (QED) is 0.458. The van der Waals surface area contributed by atoms with Crippen LogP contribution in [0.3, 0.4) is 0 Å². The van der Waals surface area contributed by atoms with Crippen LogP contribution in [-0.4, -0.2) is 68.7 Å². The van der Waals surface area contributed by atoms with Crippen LogP contribution in [-0.2, 0) is 14.3 Å². The number of benzene rings is 1. The lowest BCUT2D eigenvalue weighted by Crippen LogP contribution is -2.55. The number of methoxy groups -OCH3 is 1. The molecule has 0 radical (unpaired) electrons. The van der Waals surface area contributed by atoms with Gasteiger partial charge >= 0.3 is 6.03 Å². The highest BCUT2D eigenvalue weighted by atomic mass is 35.5. The molecular weight excluding hydrogens is 434 g/mol. The Labute approximate surface area is 184 Å². The molecule has 0 aromatic heterocycles. The predicted molar refractivity (Wildman–Crippen MR) is 112 cm³/mol. The Bertz CT molecular complexity index is 797. The highest BCUT2D eigenvalue weighted by Crippen LogP contribution is 2.27. The van der Waals surface area contributed by atoms with Gasteiger partial charge < -0.3 is 19.9 Å². The normalized spacial score (nSPS) is 17.0. The fourth-order valence-corrected chi connectivity index (χ4v) is 3.92. The Hall–Kier alpha value is -2.46. The van der Waals surface area contributed by atoms with E-state index in [1.807, 2.05) is 5.32 Å². The molecule has 2 atom stereocenters. The molecule has 2 rings (SSSR count). The minimum atomic E-state index is -0.864. The summed E-state index contributed by atoms with van der Waals surface area (Å²) in [4.78, 5) is 38.6. The Morgan fingerprint density at radius 3 is 2.35 bits per heavy atom. The number of carbonyl (C=O) groups excluding carboxylic acids is 3. The van der Waals surface area contributed by atoms with Gasteiger partial charge in [0.25, 0.3) is 0 Å². The summed E-state index contributed by atoms with van der Waals surface area (Å²) >= 11 is 5.53. The van der Waals surface area contributed by atoms with Crippen LogP contribution in [0.2, 0.25) is 5.02 Å². The lowest BCUT2D eigenvalue weighted by atomic mass is 9.89. The number of halogens is 3. The van der Waals surface area contributed by atoms with E-state index in [1.54, 1.807) is 23.6 Å². The first-order chi connectivity index (χ1) is 14.6. The first-order valence-electron chi connectivity index (χ1n) is 9.79. The summed E-state index contributed by atoms with van der Waals surface area (Å²) in [5.41, 5.74) is -0.491. The molecule has 11 heteroatoms. The van der Waals surface area contributed by atoms with E-state index in [0.29, 0.717) is 38.3 Å². The standard InChI is InChI=1S/C20H27ClF2N4O4/c1-13(10-20(2,11-31-3)25-19(30)24-12-28)18(29)27-6-4-26(5-7-27)14-8-15(22)17(21)16(23)9-14/h8-9,12-13H,4-7,10-11H2,1-3H3,(H2,24,25,28,30). The summed E-state index contributed by atoms with van der Waals surface area (Å²) < 4.78 is 32.6. The lowest BCUT2D eigenvalue weighted by Gasteiger charge is -2.38. The van der Waals surface area contributed by atoms with E-state index in [0.717, 1.165) is 0 Å². The van der Waals surface area contributed by atoms with E-state index in [1.165, 1.54) is 19.2 Å². The maximum Gasteiger partial charge on any atom is 0.321 e. The number of imide groups is 1. The molecule has 1 saturated heterocycles. The number of nitrogens with zero attached hydrogens (tertiary/aromatic N) is 2. The van der Waals surface area contributed by atoms with Gasteiger partial charge in [0.2, 0.25) is 12.3 Å². The maximum absolute atomic E-state index is 13.7. The third-order valence-electron chi connectivity index (χ3n) is 5.17. The van der Waals surface area contributed by atoms with Crippen LogP contribution in [0.4, 0.5) is 19.3 Å². The monoisotopic (exact) mass is 460 g/mol. The molecule has 1 aliphatic heterocycles. The van der Waals surface area contributed by atoms with Gasteiger partial charge in [-0.3, -0.25) is 14.9 Å². The fraction of sp³-hybridized carbons (Fsp3) is 0.550. The topological polar surface area (TPSA) is 91.0 Å². The Kier molecular flexibility index (Phi) is 8.58. The van der Waals surface area contributed by atoms with Crippen LogP contribution in [0.25, 0.3) is 0 Å². The van der Waals surface area contributed by atoms with E-state index in [-0.39, 0.29) is 18.9 Å². The number of rotatable bonds is 8. The van der Waals surface area contributed by atoms with Crippen LogP contribution in [0.15, 0.2) is 12.1 Å². The second-order valence-electron chi connectivity index (χ2n) is 7.85. The molecule has 0 spiro atoms. The van der Waals surface area contributed by atoms with Gasteiger partial charge in [0, 0.05) is 44.9 Å². The molecule has 172 valence electrons. The van der Waals surface area contributed by atoms with Gasteiger partial charge in [-0.2, -0.15) is 0 Å². The molecule has 0 aliphatic carbocycles. The zero-order chi connectivity index (χ0) is 23.2. The summed E-state index contributed by atoms with van der Waals surface area (Å²) in [5, 5.41) is 4.13. The SMILES string of the molecule is COCC(C)(CC(C)C(=O)N1CCN(c2cc(F)c(Cl)c(F)c2)CC1)NC(=O)NC=O. The number of amides is 4. The fourth-order valence-electron chi connectivity index (χ4n) is 3.81. The van der Waals surface area contributed by atoms with Crippen molar-refractivity contribution < 1.29 is 27.9 Å². The summed E-state index contributed by atoms with van der Waals surface area (Å²) in [6.07, 6.45) is 0.564. The molecular formula is C20H27ClF2N4O4. The van der Waals surface area contributed by atoms with Crippen molar-refractivity contribution in [1.82, 2.24) is 15.5 Å². The summed E-state index contributed by atoms with van der Waals surface area (Å²) in [5.74, 6) is -2.19. The molecule has 1 fully saturated rings. The molecule has 2 N–H and O–H groups in total. The van der Waals surface area contributed by atoms with Crippen LogP contribution in [0, 0.1) is 17.6 Å². The van der Waals surface area contributed by atoms with Gasteiger partial charge in [-0.25, -0.2) is 13.6 Å². The average molecular weight is 461 g/mol. The zero-order valence-corrected chi connectivity index (χ0v) is 18.5. The van der Waals surface area contributed by atoms with Crippen LogP contribution in [0.5, 0.6) is 0 Å². The minimum Gasteiger partial charge on any atom is -0.382 e. The van der Waals surface area contributed by atoms with Gasteiger partial charge in [0.1, 0.15) is 16.7 Å². The zero-order valence-electron chi connectivity index (χ0n) is 17.7. The first kappa shape index (κ1) is 24.8. The molecule has 31 heavy (non-hydrogen) atoms. The van der Waals surface area contributed by atoms with E-state index in [9.17, 15) is 23.2 Å². The smallest absolute Gasteiger partial charge is 0.321 e. The number of urea groups is 1.